The molecule has 4 aliphatic rings. The summed E-state index contributed by atoms with van der Waals surface area (Å²) >= 11 is 0. The summed E-state index contributed by atoms with van der Waals surface area (Å²) in [4.78, 5) is 47.2. The molecule has 1 aromatic carbocycles. The van der Waals surface area contributed by atoms with Crippen molar-refractivity contribution in [1.82, 2.24) is 25.0 Å². The highest BCUT2D eigenvalue weighted by molar-refractivity contribution is 5.88. The molecule has 1 atom stereocenters. The number of nitrogens with zero attached hydrogens (tertiary/aromatic N) is 4. The van der Waals surface area contributed by atoms with Crippen LogP contribution < -0.4 is 5.32 Å². The molecular weight excluding hydrogens is 568 g/mol. The van der Waals surface area contributed by atoms with Crippen LogP contribution in [0.5, 0.6) is 0 Å². The van der Waals surface area contributed by atoms with Crippen molar-refractivity contribution in [2.45, 2.75) is 37.9 Å². The van der Waals surface area contributed by atoms with Gasteiger partial charge < -0.3 is 28.7 Å². The first-order valence-electron chi connectivity index (χ1n) is 14.8. The molecule has 2 N–H and O–H groups in total. The van der Waals surface area contributed by atoms with E-state index in [1.54, 1.807) is 24.3 Å². The molecular formula is C31H36N6O7. The smallest absolute Gasteiger partial charge is 0.413 e. The number of ether oxygens (including phenoxy) is 4. The molecule has 2 aromatic heterocycles. The zero-order valence-electron chi connectivity index (χ0n) is 24.8. The Labute approximate surface area is 254 Å². The molecule has 0 aliphatic carbocycles. The van der Waals surface area contributed by atoms with Gasteiger partial charge in [0, 0.05) is 63.1 Å². The zero-order valence-corrected chi connectivity index (χ0v) is 24.8. The molecule has 13 heteroatoms. The summed E-state index contributed by atoms with van der Waals surface area (Å²) in [6.07, 6.45) is 5.87. The van der Waals surface area contributed by atoms with Crippen LogP contribution >= 0.6 is 0 Å². The topological polar surface area (TPSA) is 148 Å². The van der Waals surface area contributed by atoms with Crippen molar-refractivity contribution in [2.75, 3.05) is 58.4 Å². The fraction of sp³-hybridized carbons (Fsp3) is 0.452. The third-order valence-electron chi connectivity index (χ3n) is 8.33. The van der Waals surface area contributed by atoms with Crippen LogP contribution in [0.3, 0.4) is 0 Å². The van der Waals surface area contributed by atoms with Gasteiger partial charge in [-0.1, -0.05) is 18.2 Å². The van der Waals surface area contributed by atoms with Gasteiger partial charge >= 0.3 is 12.2 Å². The molecule has 7 rings (SSSR count). The molecule has 1 saturated heterocycles. The number of H-pyrrole nitrogens is 1. The first-order chi connectivity index (χ1) is 21.3. The molecule has 6 heterocycles. The summed E-state index contributed by atoms with van der Waals surface area (Å²) in [5.41, 5.74) is 3.40. The van der Waals surface area contributed by atoms with Crippen molar-refractivity contribution >= 4 is 40.9 Å². The molecule has 0 radical (unpaired) electrons. The summed E-state index contributed by atoms with van der Waals surface area (Å²) in [5.74, 6) is 0.118. The quantitative estimate of drug-likeness (QED) is 0.420. The number of hydrogen-bond acceptors (Lipinski definition) is 9. The van der Waals surface area contributed by atoms with E-state index in [0.717, 1.165) is 33.2 Å². The molecule has 1 spiro atoms. The van der Waals surface area contributed by atoms with E-state index < -0.39 is 23.9 Å². The number of anilines is 1. The molecule has 1 fully saturated rings. The Kier molecular flexibility index (Phi) is 8.49. The number of amides is 3. The number of benzene rings is 1. The highest BCUT2D eigenvalue weighted by Crippen LogP contribution is 2.43. The number of hydrogen-bond donors (Lipinski definition) is 2. The number of rotatable bonds is 2. The van der Waals surface area contributed by atoms with Crippen LogP contribution in [0.15, 0.2) is 36.7 Å². The van der Waals surface area contributed by atoms with Gasteiger partial charge in [-0.15, -0.1) is 0 Å². The summed E-state index contributed by atoms with van der Waals surface area (Å²) in [6, 6.07) is 5.86. The third kappa shape index (κ3) is 6.24. The molecule has 0 saturated carbocycles. The minimum absolute atomic E-state index is 0.196. The van der Waals surface area contributed by atoms with Gasteiger partial charge in [-0.25, -0.2) is 14.6 Å². The van der Waals surface area contributed by atoms with Crippen LogP contribution in [-0.2, 0) is 35.8 Å². The Bertz CT molecular complexity index is 1580. The van der Waals surface area contributed by atoms with E-state index in [2.05, 4.69) is 20.5 Å². The maximum Gasteiger partial charge on any atom is 0.413 e. The van der Waals surface area contributed by atoms with Gasteiger partial charge in [0.05, 0.1) is 38.1 Å². The number of carbonyl (C=O) groups excluding carboxylic acids is 3. The molecule has 1 unspecified atom stereocenters. The van der Waals surface area contributed by atoms with Crippen molar-refractivity contribution in [3.05, 3.63) is 58.9 Å². The largest absolute Gasteiger partial charge is 0.437 e. The van der Waals surface area contributed by atoms with Crippen LogP contribution in [0.25, 0.3) is 17.0 Å². The molecule has 3 aromatic rings. The fourth-order valence-corrected chi connectivity index (χ4v) is 5.93. The van der Waals surface area contributed by atoms with Crippen molar-refractivity contribution in [2.24, 2.45) is 0 Å². The molecule has 3 amide bonds. The Morgan fingerprint density at radius 2 is 1.84 bits per heavy atom. The van der Waals surface area contributed by atoms with Crippen LogP contribution in [0, 0.1) is 6.92 Å². The zero-order chi connectivity index (χ0) is 30.7. The minimum Gasteiger partial charge on any atom is -0.437 e. The van der Waals surface area contributed by atoms with Gasteiger partial charge in [-0.2, -0.15) is 5.10 Å². The molecule has 4 aliphatic heterocycles. The SMILES string of the molecule is Cc1cc(CC2OC(=O)N3CCC4(CC3)OC(=O)Nc3ncc(cc34)C=CCOCCOCCN(C)C2=O)cc2cn[nH]c12. The maximum atomic E-state index is 13.6. The normalized spacial score (nSPS) is 23.6. The van der Waals surface area contributed by atoms with Gasteiger partial charge in [0.2, 0.25) is 0 Å². The van der Waals surface area contributed by atoms with Gasteiger partial charge in [-0.3, -0.25) is 15.2 Å². The van der Waals surface area contributed by atoms with Crippen molar-refractivity contribution in [1.29, 1.82) is 0 Å². The number of aromatic nitrogens is 3. The van der Waals surface area contributed by atoms with E-state index in [0.29, 0.717) is 51.6 Å². The highest BCUT2D eigenvalue weighted by atomic mass is 16.6. The second-order valence-corrected chi connectivity index (χ2v) is 11.3. The number of likely N-dealkylation sites (N-methyl/N-ethyl adjacent to an activating group) is 1. The van der Waals surface area contributed by atoms with Crippen LogP contribution in [-0.4, -0.2) is 102 Å². The van der Waals surface area contributed by atoms with Crippen LogP contribution in [0.4, 0.5) is 15.4 Å². The Balaban J connectivity index is 1.25. The predicted molar refractivity (Wildman–Crippen MR) is 160 cm³/mol. The second kappa shape index (κ2) is 12.6. The van der Waals surface area contributed by atoms with Crippen molar-refractivity contribution in [3.8, 4) is 0 Å². The summed E-state index contributed by atoms with van der Waals surface area (Å²) in [5, 5.41) is 10.7. The van der Waals surface area contributed by atoms with Crippen molar-refractivity contribution < 1.29 is 33.3 Å². The lowest BCUT2D eigenvalue weighted by Gasteiger charge is -2.43. The standard InChI is InChI=1S/C31H36N6O7/c1-20-14-22(15-23-19-33-35-26(20)23)17-25-28(38)36(2)9-11-42-13-12-41-10-3-4-21-16-24-27(32-18-21)34-29(39)44-31(24)5-7-37(8-6-31)30(40)43-25/h3-4,14-16,18-19,25H,5-13,17H2,1-2H3,(H,33,35)(H,32,34,39). The van der Waals surface area contributed by atoms with Crippen LogP contribution in [0.2, 0.25) is 0 Å². The number of carbonyl (C=O) groups is 3. The highest BCUT2D eigenvalue weighted by Gasteiger charge is 2.46. The number of aromatic amines is 1. The summed E-state index contributed by atoms with van der Waals surface area (Å²) in [6.45, 7) is 4.27. The monoisotopic (exact) mass is 604 g/mol. The molecule has 13 nitrogen and oxygen atoms in total. The number of aryl methyl sites for hydroxylation is 1. The number of piperidine rings is 1. The van der Waals surface area contributed by atoms with E-state index in [1.165, 1.54) is 4.90 Å². The lowest BCUT2D eigenvalue weighted by atomic mass is 9.83. The Morgan fingerprint density at radius 1 is 1.02 bits per heavy atom. The minimum atomic E-state index is -1.06. The molecule has 4 bridgehead atoms. The number of nitrogens with one attached hydrogen (secondary N) is 2. The van der Waals surface area contributed by atoms with E-state index in [4.69, 9.17) is 18.9 Å². The summed E-state index contributed by atoms with van der Waals surface area (Å²) < 4.78 is 23.1. The fourth-order valence-electron chi connectivity index (χ4n) is 5.93. The van der Waals surface area contributed by atoms with Gasteiger partial charge in [-0.05, 0) is 35.7 Å². The number of pyridine rings is 1. The van der Waals surface area contributed by atoms with Crippen LogP contribution in [0.1, 0.15) is 35.1 Å². The first-order valence-corrected chi connectivity index (χ1v) is 14.8. The third-order valence-corrected chi connectivity index (χ3v) is 8.33. The maximum absolute atomic E-state index is 13.6. The lowest BCUT2D eigenvalue weighted by Crippen LogP contribution is -2.51. The molecule has 232 valence electrons. The molecule has 44 heavy (non-hydrogen) atoms. The van der Waals surface area contributed by atoms with Gasteiger partial charge in [0.25, 0.3) is 5.91 Å². The number of fused-ring (bicyclic) bond motifs is 15. The van der Waals surface area contributed by atoms with E-state index >= 15 is 0 Å². The van der Waals surface area contributed by atoms with E-state index in [1.807, 2.05) is 37.3 Å². The average Bonchev–Trinajstić information content (AvgIpc) is 3.49. The van der Waals surface area contributed by atoms with Gasteiger partial charge in [0.1, 0.15) is 11.4 Å². The second-order valence-electron chi connectivity index (χ2n) is 11.3. The predicted octanol–water partition coefficient (Wildman–Crippen LogP) is 3.39. The Hall–Kier alpha value is -4.49. The average molecular weight is 605 g/mol. The first kappa shape index (κ1) is 29.6. The van der Waals surface area contributed by atoms with E-state index in [9.17, 15) is 14.4 Å². The lowest BCUT2D eigenvalue weighted by molar-refractivity contribution is -0.140. The van der Waals surface area contributed by atoms with E-state index in [-0.39, 0.29) is 25.4 Å². The Morgan fingerprint density at radius 3 is 2.68 bits per heavy atom. The van der Waals surface area contributed by atoms with Crippen molar-refractivity contribution in [3.63, 3.8) is 0 Å². The van der Waals surface area contributed by atoms with Gasteiger partial charge in [0.15, 0.2) is 6.10 Å². The summed E-state index contributed by atoms with van der Waals surface area (Å²) in [7, 11) is 1.67.